The highest BCUT2D eigenvalue weighted by molar-refractivity contribution is 7.80. The van der Waals surface area contributed by atoms with Gasteiger partial charge in [0.05, 0.1) is 10.7 Å². The van der Waals surface area contributed by atoms with Gasteiger partial charge in [0.2, 0.25) is 0 Å². The van der Waals surface area contributed by atoms with Crippen LogP contribution in [-0.2, 0) is 6.42 Å². The third kappa shape index (κ3) is 1.80. The molecule has 0 saturated heterocycles. The standard InChI is InChI=1S/C6H8N2OS/c1-4-2-5(8-9-4)3-6(7)10/h2H,3H2,1H3,(H2,7,10). The van der Waals surface area contributed by atoms with Crippen molar-refractivity contribution in [1.29, 1.82) is 0 Å². The number of hydrogen-bond acceptors (Lipinski definition) is 3. The number of aromatic nitrogens is 1. The molecule has 54 valence electrons. The Morgan fingerprint density at radius 2 is 2.60 bits per heavy atom. The molecule has 0 aliphatic carbocycles. The van der Waals surface area contributed by atoms with Gasteiger partial charge in [0.15, 0.2) is 0 Å². The van der Waals surface area contributed by atoms with Crippen LogP contribution in [0.5, 0.6) is 0 Å². The summed E-state index contributed by atoms with van der Waals surface area (Å²) in [6.07, 6.45) is 0.521. The highest BCUT2D eigenvalue weighted by Gasteiger charge is 1.99. The lowest BCUT2D eigenvalue weighted by molar-refractivity contribution is 0.392. The molecule has 0 atom stereocenters. The second-order valence-electron chi connectivity index (χ2n) is 2.07. The van der Waals surface area contributed by atoms with Gasteiger partial charge >= 0.3 is 0 Å². The first-order valence-corrected chi connectivity index (χ1v) is 3.30. The zero-order chi connectivity index (χ0) is 7.56. The Kier molecular flexibility index (Phi) is 2.01. The van der Waals surface area contributed by atoms with Crippen molar-refractivity contribution in [2.24, 2.45) is 5.73 Å². The van der Waals surface area contributed by atoms with Gasteiger partial charge in [-0.15, -0.1) is 0 Å². The molecule has 1 rings (SSSR count). The third-order valence-corrected chi connectivity index (χ3v) is 1.18. The largest absolute Gasteiger partial charge is 0.393 e. The lowest BCUT2D eigenvalue weighted by Crippen LogP contribution is -2.10. The maximum atomic E-state index is 5.28. The number of hydrogen-bond donors (Lipinski definition) is 1. The Hall–Kier alpha value is -0.900. The van der Waals surface area contributed by atoms with E-state index >= 15 is 0 Å². The monoisotopic (exact) mass is 156 g/mol. The molecule has 0 aromatic carbocycles. The van der Waals surface area contributed by atoms with Gasteiger partial charge in [0.1, 0.15) is 5.76 Å². The van der Waals surface area contributed by atoms with Gasteiger partial charge < -0.3 is 10.3 Å². The molecule has 4 heteroatoms. The van der Waals surface area contributed by atoms with E-state index in [0.717, 1.165) is 11.5 Å². The number of aryl methyl sites for hydroxylation is 1. The molecule has 1 heterocycles. The van der Waals surface area contributed by atoms with E-state index in [0.29, 0.717) is 11.4 Å². The molecule has 10 heavy (non-hydrogen) atoms. The number of thiocarbonyl (C=S) groups is 1. The Balaban J connectivity index is 2.67. The van der Waals surface area contributed by atoms with Crippen molar-refractivity contribution in [2.75, 3.05) is 0 Å². The lowest BCUT2D eigenvalue weighted by Gasteiger charge is -1.87. The van der Waals surface area contributed by atoms with Crippen LogP contribution in [0.25, 0.3) is 0 Å². The van der Waals surface area contributed by atoms with E-state index in [-0.39, 0.29) is 0 Å². The fourth-order valence-electron chi connectivity index (χ4n) is 0.680. The summed E-state index contributed by atoms with van der Waals surface area (Å²) in [6.45, 7) is 1.83. The summed E-state index contributed by atoms with van der Waals surface area (Å²) in [5.41, 5.74) is 6.08. The number of rotatable bonds is 2. The summed E-state index contributed by atoms with van der Waals surface area (Å²) in [5, 5.41) is 3.71. The van der Waals surface area contributed by atoms with Crippen LogP contribution in [0.4, 0.5) is 0 Å². The zero-order valence-corrected chi connectivity index (χ0v) is 6.44. The molecule has 0 aliphatic rings. The number of nitrogens with zero attached hydrogens (tertiary/aromatic N) is 1. The van der Waals surface area contributed by atoms with Crippen LogP contribution in [0, 0.1) is 6.92 Å². The Morgan fingerprint density at radius 1 is 1.90 bits per heavy atom. The molecular formula is C6H8N2OS. The van der Waals surface area contributed by atoms with Crippen LogP contribution in [0.2, 0.25) is 0 Å². The van der Waals surface area contributed by atoms with Crippen molar-refractivity contribution in [3.8, 4) is 0 Å². The van der Waals surface area contributed by atoms with Crippen molar-refractivity contribution >= 4 is 17.2 Å². The lowest BCUT2D eigenvalue weighted by atomic mass is 10.3. The highest BCUT2D eigenvalue weighted by atomic mass is 32.1. The van der Waals surface area contributed by atoms with E-state index in [1.807, 2.05) is 13.0 Å². The normalized spacial score (nSPS) is 9.70. The van der Waals surface area contributed by atoms with Gasteiger partial charge in [-0.05, 0) is 6.92 Å². The maximum Gasteiger partial charge on any atom is 0.133 e. The number of nitrogens with two attached hydrogens (primary N) is 1. The van der Waals surface area contributed by atoms with E-state index in [2.05, 4.69) is 17.4 Å². The quantitative estimate of drug-likeness (QED) is 0.644. The predicted molar refractivity (Wildman–Crippen MR) is 41.7 cm³/mol. The molecule has 0 fully saturated rings. The van der Waals surface area contributed by atoms with Crippen LogP contribution in [0.3, 0.4) is 0 Å². The van der Waals surface area contributed by atoms with Crippen LogP contribution in [-0.4, -0.2) is 10.1 Å². The molecule has 1 aromatic rings. The van der Waals surface area contributed by atoms with Crippen molar-refractivity contribution in [3.05, 3.63) is 17.5 Å². The minimum absolute atomic E-state index is 0.438. The topological polar surface area (TPSA) is 52.0 Å². The minimum atomic E-state index is 0.438. The Labute approximate surface area is 64.2 Å². The van der Waals surface area contributed by atoms with Crippen LogP contribution in [0.1, 0.15) is 11.5 Å². The van der Waals surface area contributed by atoms with Crippen LogP contribution in [0.15, 0.2) is 10.6 Å². The summed E-state index contributed by atoms with van der Waals surface area (Å²) < 4.78 is 4.80. The average Bonchev–Trinajstić information content (AvgIpc) is 2.13. The van der Waals surface area contributed by atoms with Crippen molar-refractivity contribution in [3.63, 3.8) is 0 Å². The third-order valence-electron chi connectivity index (χ3n) is 1.03. The molecule has 0 aliphatic heterocycles. The van der Waals surface area contributed by atoms with Gasteiger partial charge in [-0.2, -0.15) is 0 Å². The van der Waals surface area contributed by atoms with E-state index in [4.69, 9.17) is 10.3 Å². The smallest absolute Gasteiger partial charge is 0.133 e. The molecule has 0 saturated carbocycles. The van der Waals surface area contributed by atoms with Crippen molar-refractivity contribution < 1.29 is 4.52 Å². The van der Waals surface area contributed by atoms with E-state index in [1.54, 1.807) is 0 Å². The van der Waals surface area contributed by atoms with E-state index in [9.17, 15) is 0 Å². The van der Waals surface area contributed by atoms with Crippen molar-refractivity contribution in [2.45, 2.75) is 13.3 Å². The van der Waals surface area contributed by atoms with Crippen molar-refractivity contribution in [1.82, 2.24) is 5.16 Å². The zero-order valence-electron chi connectivity index (χ0n) is 5.63. The molecular weight excluding hydrogens is 148 g/mol. The van der Waals surface area contributed by atoms with E-state index < -0.39 is 0 Å². The molecule has 0 spiro atoms. The first-order chi connectivity index (χ1) is 4.68. The van der Waals surface area contributed by atoms with Gasteiger partial charge in [-0.25, -0.2) is 0 Å². The summed E-state index contributed by atoms with van der Waals surface area (Å²) in [5.74, 6) is 0.784. The summed E-state index contributed by atoms with van der Waals surface area (Å²) in [4.78, 5) is 0.438. The molecule has 0 unspecified atom stereocenters. The molecule has 1 aromatic heterocycles. The molecule has 0 bridgehead atoms. The Bertz CT molecular complexity index is 244. The van der Waals surface area contributed by atoms with Gasteiger partial charge in [-0.3, -0.25) is 0 Å². The summed E-state index contributed by atoms with van der Waals surface area (Å²) >= 11 is 4.68. The highest BCUT2D eigenvalue weighted by Crippen LogP contribution is 2.01. The summed E-state index contributed by atoms with van der Waals surface area (Å²) in [6, 6.07) is 1.82. The second kappa shape index (κ2) is 2.79. The molecule has 0 amide bonds. The fourth-order valence-corrected chi connectivity index (χ4v) is 0.828. The average molecular weight is 156 g/mol. The minimum Gasteiger partial charge on any atom is -0.393 e. The van der Waals surface area contributed by atoms with Crippen LogP contribution < -0.4 is 5.73 Å². The summed E-state index contributed by atoms with van der Waals surface area (Å²) in [7, 11) is 0. The van der Waals surface area contributed by atoms with Gasteiger partial charge in [0.25, 0.3) is 0 Å². The van der Waals surface area contributed by atoms with Crippen LogP contribution >= 0.6 is 12.2 Å². The molecule has 0 radical (unpaired) electrons. The first-order valence-electron chi connectivity index (χ1n) is 2.89. The second-order valence-corrected chi connectivity index (χ2v) is 2.60. The Morgan fingerprint density at radius 3 is 3.00 bits per heavy atom. The first kappa shape index (κ1) is 7.21. The predicted octanol–water partition coefficient (Wildman–Crippen LogP) is 0.812. The van der Waals surface area contributed by atoms with Gasteiger partial charge in [0, 0.05) is 12.5 Å². The molecule has 2 N–H and O–H groups in total. The maximum absolute atomic E-state index is 5.28. The molecule has 3 nitrogen and oxygen atoms in total. The van der Waals surface area contributed by atoms with E-state index in [1.165, 1.54) is 0 Å². The van der Waals surface area contributed by atoms with Gasteiger partial charge in [-0.1, -0.05) is 17.4 Å². The fraction of sp³-hybridized carbons (Fsp3) is 0.333. The SMILES string of the molecule is Cc1cc(CC(N)=S)no1.